The maximum Gasteiger partial charge on any atom is 0.273 e. The molecule has 3 aromatic rings. The summed E-state index contributed by atoms with van der Waals surface area (Å²) in [5, 5.41) is 11.2. The number of benzene rings is 2. The van der Waals surface area contributed by atoms with Gasteiger partial charge in [-0.05, 0) is 42.8 Å². The molecule has 0 amide bonds. The highest BCUT2D eigenvalue weighted by Crippen LogP contribution is 2.33. The number of aryl methyl sites for hydroxylation is 1. The number of hydrogen-bond acceptors (Lipinski definition) is 5. The number of aldehydes is 1. The van der Waals surface area contributed by atoms with Crippen LogP contribution in [0.3, 0.4) is 0 Å². The molecule has 0 radical (unpaired) electrons. The Morgan fingerprint density at radius 1 is 1.08 bits per heavy atom. The normalized spacial score (nSPS) is 10.4. The lowest BCUT2D eigenvalue weighted by molar-refractivity contribution is -0.384. The van der Waals surface area contributed by atoms with E-state index in [0.717, 1.165) is 5.56 Å². The molecule has 0 aliphatic rings. The van der Waals surface area contributed by atoms with E-state index >= 15 is 0 Å². The molecule has 0 saturated heterocycles. The molecule has 6 heteroatoms. The highest BCUT2D eigenvalue weighted by molar-refractivity contribution is 5.73. The largest absolute Gasteiger partial charge is 0.457 e. The van der Waals surface area contributed by atoms with Crippen LogP contribution in [-0.4, -0.2) is 11.2 Å². The van der Waals surface area contributed by atoms with Crippen molar-refractivity contribution in [3.63, 3.8) is 0 Å². The lowest BCUT2D eigenvalue weighted by Gasteiger charge is -2.08. The first-order valence-electron chi connectivity index (χ1n) is 7.14. The second-order valence-electron chi connectivity index (χ2n) is 5.21. The lowest BCUT2D eigenvalue weighted by atomic mass is 10.1. The number of nitro groups is 1. The van der Waals surface area contributed by atoms with Crippen molar-refractivity contribution in [2.75, 3.05) is 0 Å². The molecule has 6 nitrogen and oxygen atoms in total. The van der Waals surface area contributed by atoms with Gasteiger partial charge in [0.25, 0.3) is 5.69 Å². The average molecular weight is 323 g/mol. The van der Waals surface area contributed by atoms with E-state index in [1.54, 1.807) is 18.2 Å². The number of hydrogen-bond donors (Lipinski definition) is 0. The van der Waals surface area contributed by atoms with E-state index < -0.39 is 4.92 Å². The number of non-ortho nitro benzene ring substituents is 1. The van der Waals surface area contributed by atoms with Crippen molar-refractivity contribution < 1.29 is 18.9 Å². The maximum absolute atomic E-state index is 11.2. The van der Waals surface area contributed by atoms with E-state index in [4.69, 9.17) is 9.15 Å². The van der Waals surface area contributed by atoms with Crippen LogP contribution in [0.1, 0.15) is 16.1 Å². The molecule has 0 aliphatic heterocycles. The van der Waals surface area contributed by atoms with Crippen LogP contribution in [0.5, 0.6) is 11.5 Å². The Kier molecular flexibility index (Phi) is 4.11. The highest BCUT2D eigenvalue weighted by atomic mass is 16.6. The molecule has 120 valence electrons. The first-order valence-corrected chi connectivity index (χ1v) is 7.14. The van der Waals surface area contributed by atoms with Gasteiger partial charge in [-0.15, -0.1) is 0 Å². The van der Waals surface area contributed by atoms with Crippen molar-refractivity contribution in [1.29, 1.82) is 0 Å². The zero-order valence-electron chi connectivity index (χ0n) is 12.8. The van der Waals surface area contributed by atoms with E-state index in [2.05, 4.69) is 0 Å². The van der Waals surface area contributed by atoms with Crippen molar-refractivity contribution in [2.24, 2.45) is 0 Å². The van der Waals surface area contributed by atoms with Crippen LogP contribution in [0.2, 0.25) is 0 Å². The molecule has 0 N–H and O–H groups in total. The quantitative estimate of drug-likeness (QED) is 0.384. The molecular weight excluding hydrogens is 310 g/mol. The van der Waals surface area contributed by atoms with Gasteiger partial charge in [-0.25, -0.2) is 0 Å². The molecule has 2 aromatic carbocycles. The fourth-order valence-electron chi connectivity index (χ4n) is 2.28. The Morgan fingerprint density at radius 2 is 1.92 bits per heavy atom. The number of carbonyl (C=O) groups is 1. The average Bonchev–Trinajstić information content (AvgIpc) is 3.03. The maximum atomic E-state index is 11.2. The standard InChI is InChI=1S/C18H13NO5/c1-12-3-2-4-15(7-12)23-17-9-13(8-14(10-17)19(21)22)18-6-5-16(11-20)24-18/h2-11H,1H3. The minimum absolute atomic E-state index is 0.126. The molecule has 0 unspecified atom stereocenters. The van der Waals surface area contributed by atoms with Crippen LogP contribution in [0.15, 0.2) is 59.0 Å². The van der Waals surface area contributed by atoms with Gasteiger partial charge in [0, 0.05) is 11.6 Å². The molecule has 0 fully saturated rings. The third kappa shape index (κ3) is 3.33. The van der Waals surface area contributed by atoms with Crippen molar-refractivity contribution in [3.8, 4) is 22.8 Å². The fourth-order valence-corrected chi connectivity index (χ4v) is 2.28. The molecule has 24 heavy (non-hydrogen) atoms. The minimum atomic E-state index is -0.504. The van der Waals surface area contributed by atoms with Gasteiger partial charge in [0.2, 0.25) is 0 Å². The second kappa shape index (κ2) is 6.37. The van der Waals surface area contributed by atoms with E-state index in [1.807, 2.05) is 25.1 Å². The third-order valence-corrected chi connectivity index (χ3v) is 3.35. The summed E-state index contributed by atoms with van der Waals surface area (Å²) in [6.45, 7) is 1.93. The summed E-state index contributed by atoms with van der Waals surface area (Å²) < 4.78 is 11.1. The zero-order valence-corrected chi connectivity index (χ0v) is 12.8. The number of rotatable bonds is 5. The Morgan fingerprint density at radius 3 is 2.58 bits per heavy atom. The van der Waals surface area contributed by atoms with Crippen LogP contribution in [0.4, 0.5) is 5.69 Å². The topological polar surface area (TPSA) is 82.6 Å². The summed E-state index contributed by atoms with van der Waals surface area (Å²) in [7, 11) is 0. The molecule has 3 rings (SSSR count). The summed E-state index contributed by atoms with van der Waals surface area (Å²) in [6, 6.07) is 14.8. The first kappa shape index (κ1) is 15.5. The number of nitro benzene ring substituents is 1. The van der Waals surface area contributed by atoms with Gasteiger partial charge in [0.1, 0.15) is 17.3 Å². The van der Waals surface area contributed by atoms with Crippen LogP contribution < -0.4 is 4.74 Å². The van der Waals surface area contributed by atoms with E-state index in [9.17, 15) is 14.9 Å². The van der Waals surface area contributed by atoms with Crippen LogP contribution >= 0.6 is 0 Å². The zero-order chi connectivity index (χ0) is 17.1. The Labute approximate surface area is 137 Å². The number of furan rings is 1. The fraction of sp³-hybridized carbons (Fsp3) is 0.0556. The summed E-state index contributed by atoms with van der Waals surface area (Å²) in [5.41, 5.74) is 1.35. The summed E-state index contributed by atoms with van der Waals surface area (Å²) in [4.78, 5) is 21.4. The number of nitrogens with zero attached hydrogens (tertiary/aromatic N) is 1. The van der Waals surface area contributed by atoms with Gasteiger partial charge in [-0.3, -0.25) is 14.9 Å². The molecule has 1 aromatic heterocycles. The molecule has 0 spiro atoms. The Bertz CT molecular complexity index is 913. The predicted octanol–water partition coefficient (Wildman–Crippen LogP) is 4.77. The van der Waals surface area contributed by atoms with Gasteiger partial charge in [0.15, 0.2) is 12.0 Å². The minimum Gasteiger partial charge on any atom is -0.457 e. The number of carbonyl (C=O) groups excluding carboxylic acids is 1. The van der Waals surface area contributed by atoms with E-state index in [0.29, 0.717) is 29.1 Å². The van der Waals surface area contributed by atoms with E-state index in [1.165, 1.54) is 18.2 Å². The lowest BCUT2D eigenvalue weighted by Crippen LogP contribution is -1.91. The molecule has 0 saturated carbocycles. The Hall–Kier alpha value is -3.41. The predicted molar refractivity (Wildman–Crippen MR) is 87.4 cm³/mol. The smallest absolute Gasteiger partial charge is 0.273 e. The second-order valence-corrected chi connectivity index (χ2v) is 5.21. The molecule has 0 aliphatic carbocycles. The molecule has 0 atom stereocenters. The molecular formula is C18H13NO5. The van der Waals surface area contributed by atoms with Gasteiger partial charge < -0.3 is 9.15 Å². The molecule has 0 bridgehead atoms. The first-order chi connectivity index (χ1) is 11.5. The van der Waals surface area contributed by atoms with E-state index in [-0.39, 0.29) is 11.4 Å². The van der Waals surface area contributed by atoms with Gasteiger partial charge >= 0.3 is 0 Å². The van der Waals surface area contributed by atoms with Crippen LogP contribution in [0.25, 0.3) is 11.3 Å². The highest BCUT2D eigenvalue weighted by Gasteiger charge is 2.14. The van der Waals surface area contributed by atoms with Crippen molar-refractivity contribution in [2.45, 2.75) is 6.92 Å². The van der Waals surface area contributed by atoms with Crippen molar-refractivity contribution >= 4 is 12.0 Å². The third-order valence-electron chi connectivity index (χ3n) is 3.35. The van der Waals surface area contributed by atoms with Gasteiger partial charge in [0.05, 0.1) is 11.0 Å². The van der Waals surface area contributed by atoms with Crippen LogP contribution in [-0.2, 0) is 0 Å². The molecule has 1 heterocycles. The SMILES string of the molecule is Cc1cccc(Oc2cc(-c3ccc(C=O)o3)cc([N+](=O)[O-])c2)c1. The number of ether oxygens (including phenoxy) is 1. The summed E-state index contributed by atoms with van der Waals surface area (Å²) in [6.07, 6.45) is 0.574. The summed E-state index contributed by atoms with van der Waals surface area (Å²) >= 11 is 0. The van der Waals surface area contributed by atoms with Crippen LogP contribution in [0, 0.1) is 17.0 Å². The van der Waals surface area contributed by atoms with Gasteiger partial charge in [-0.2, -0.15) is 0 Å². The summed E-state index contributed by atoms with van der Waals surface area (Å²) in [5.74, 6) is 1.40. The van der Waals surface area contributed by atoms with Crippen molar-refractivity contribution in [3.05, 3.63) is 76.0 Å². The Balaban J connectivity index is 2.02. The van der Waals surface area contributed by atoms with Crippen molar-refractivity contribution in [1.82, 2.24) is 0 Å². The van der Waals surface area contributed by atoms with Gasteiger partial charge in [-0.1, -0.05) is 12.1 Å². The monoisotopic (exact) mass is 323 g/mol.